The first-order chi connectivity index (χ1) is 11.9. The van der Waals surface area contributed by atoms with E-state index in [0.717, 1.165) is 0 Å². The summed E-state index contributed by atoms with van der Waals surface area (Å²) in [6.07, 6.45) is 0. The van der Waals surface area contributed by atoms with Gasteiger partial charge in [-0.2, -0.15) is 14.9 Å². The maximum atomic E-state index is 14.1. The van der Waals surface area contributed by atoms with Gasteiger partial charge in [-0.15, -0.1) is 0 Å². The number of rotatable bonds is 4. The number of halogens is 3. The van der Waals surface area contributed by atoms with Crippen LogP contribution in [0.5, 0.6) is 11.5 Å². The summed E-state index contributed by atoms with van der Waals surface area (Å²) in [5.41, 5.74) is -1.46. The van der Waals surface area contributed by atoms with E-state index >= 15 is 0 Å². The Kier molecular flexibility index (Phi) is 5.25. The lowest BCUT2D eigenvalue weighted by atomic mass is 10.1. The molecule has 0 aliphatic carbocycles. The van der Waals surface area contributed by atoms with Gasteiger partial charge >= 0.3 is 5.97 Å². The SMILES string of the molecule is CCOC(=O)c1c(F)cc(Oc2cccc(C#N)c2C#N)c(F)c1F. The Morgan fingerprint density at radius 1 is 1.12 bits per heavy atom. The molecule has 126 valence electrons. The Balaban J connectivity index is 2.52. The maximum Gasteiger partial charge on any atom is 0.344 e. The molecule has 0 N–H and O–H groups in total. The summed E-state index contributed by atoms with van der Waals surface area (Å²) < 4.78 is 51.6. The van der Waals surface area contributed by atoms with Crippen molar-refractivity contribution >= 4 is 5.97 Å². The number of benzene rings is 2. The van der Waals surface area contributed by atoms with Crippen LogP contribution in [0.3, 0.4) is 0 Å². The second-order valence-corrected chi connectivity index (χ2v) is 4.58. The summed E-state index contributed by atoms with van der Waals surface area (Å²) in [5.74, 6) is -7.29. The molecule has 25 heavy (non-hydrogen) atoms. The highest BCUT2D eigenvalue weighted by atomic mass is 19.2. The molecule has 0 aliphatic rings. The molecule has 2 aromatic rings. The van der Waals surface area contributed by atoms with Crippen LogP contribution in [0.1, 0.15) is 28.4 Å². The normalized spacial score (nSPS) is 9.84. The van der Waals surface area contributed by atoms with Crippen LogP contribution in [0.15, 0.2) is 24.3 Å². The van der Waals surface area contributed by atoms with Gasteiger partial charge in [-0.25, -0.2) is 13.6 Å². The predicted molar refractivity (Wildman–Crippen MR) is 78.2 cm³/mol. The molecule has 0 saturated heterocycles. The lowest BCUT2D eigenvalue weighted by molar-refractivity contribution is 0.0513. The number of carbonyl (C=O) groups excluding carboxylic acids is 1. The van der Waals surface area contributed by atoms with Crippen molar-refractivity contribution in [2.45, 2.75) is 6.92 Å². The number of ether oxygens (including phenoxy) is 2. The van der Waals surface area contributed by atoms with E-state index in [0.29, 0.717) is 6.07 Å². The van der Waals surface area contributed by atoms with Crippen molar-refractivity contribution in [3.8, 4) is 23.6 Å². The van der Waals surface area contributed by atoms with E-state index in [9.17, 15) is 18.0 Å². The first-order valence-electron chi connectivity index (χ1n) is 6.90. The zero-order valence-electron chi connectivity index (χ0n) is 12.8. The molecule has 8 heteroatoms. The van der Waals surface area contributed by atoms with E-state index in [2.05, 4.69) is 4.74 Å². The number of carbonyl (C=O) groups is 1. The highest BCUT2D eigenvalue weighted by molar-refractivity contribution is 5.90. The van der Waals surface area contributed by atoms with Gasteiger partial charge in [0.25, 0.3) is 0 Å². The summed E-state index contributed by atoms with van der Waals surface area (Å²) in [6.45, 7) is 1.28. The van der Waals surface area contributed by atoms with Crippen LogP contribution in [0.4, 0.5) is 13.2 Å². The molecule has 0 saturated carbocycles. The summed E-state index contributed by atoms with van der Waals surface area (Å²) in [4.78, 5) is 11.5. The van der Waals surface area contributed by atoms with Crippen molar-refractivity contribution in [3.05, 3.63) is 58.4 Å². The van der Waals surface area contributed by atoms with E-state index in [1.165, 1.54) is 25.1 Å². The van der Waals surface area contributed by atoms with Crippen LogP contribution >= 0.6 is 0 Å². The molecule has 2 rings (SSSR count). The van der Waals surface area contributed by atoms with Gasteiger partial charge in [0.05, 0.1) is 12.2 Å². The molecule has 0 bridgehead atoms. The lowest BCUT2D eigenvalue weighted by Crippen LogP contribution is -2.12. The van der Waals surface area contributed by atoms with Gasteiger partial charge in [-0.05, 0) is 19.1 Å². The smallest absolute Gasteiger partial charge is 0.344 e. The molecule has 0 radical (unpaired) electrons. The molecule has 0 heterocycles. The largest absolute Gasteiger partial charge is 0.462 e. The summed E-state index contributed by atoms with van der Waals surface area (Å²) in [6, 6.07) is 7.81. The van der Waals surface area contributed by atoms with Gasteiger partial charge in [-0.3, -0.25) is 0 Å². The van der Waals surface area contributed by atoms with Crippen LogP contribution in [0.2, 0.25) is 0 Å². The van der Waals surface area contributed by atoms with Crippen molar-refractivity contribution in [2.75, 3.05) is 6.61 Å². The molecule has 0 fully saturated rings. The number of esters is 1. The number of nitrogens with zero attached hydrogens (tertiary/aromatic N) is 2. The Hall–Kier alpha value is -3.52. The zero-order valence-corrected chi connectivity index (χ0v) is 12.8. The van der Waals surface area contributed by atoms with Gasteiger partial charge in [0.1, 0.15) is 34.8 Å². The van der Waals surface area contributed by atoms with Crippen molar-refractivity contribution in [1.82, 2.24) is 0 Å². The van der Waals surface area contributed by atoms with Crippen LogP contribution < -0.4 is 4.74 Å². The average Bonchev–Trinajstić information content (AvgIpc) is 2.59. The fraction of sp³-hybridized carbons (Fsp3) is 0.118. The first-order valence-corrected chi connectivity index (χ1v) is 6.90. The third-order valence-corrected chi connectivity index (χ3v) is 3.08. The van der Waals surface area contributed by atoms with Crippen molar-refractivity contribution in [3.63, 3.8) is 0 Å². The zero-order chi connectivity index (χ0) is 18.6. The predicted octanol–water partition coefficient (Wildman–Crippen LogP) is 3.82. The Morgan fingerprint density at radius 2 is 1.84 bits per heavy atom. The molecular formula is C17H9F3N2O3. The number of nitriles is 2. The molecule has 0 amide bonds. The third kappa shape index (κ3) is 3.38. The quantitative estimate of drug-likeness (QED) is 0.621. The van der Waals surface area contributed by atoms with Gasteiger partial charge in [0.2, 0.25) is 5.82 Å². The Morgan fingerprint density at radius 3 is 2.44 bits per heavy atom. The molecule has 0 aromatic heterocycles. The fourth-order valence-corrected chi connectivity index (χ4v) is 1.98. The minimum Gasteiger partial charge on any atom is -0.462 e. The Labute approximate surface area is 140 Å². The van der Waals surface area contributed by atoms with E-state index < -0.39 is 34.7 Å². The van der Waals surface area contributed by atoms with Crippen molar-refractivity contribution in [2.24, 2.45) is 0 Å². The highest BCUT2D eigenvalue weighted by Gasteiger charge is 2.26. The molecule has 0 atom stereocenters. The van der Waals surface area contributed by atoms with Crippen LogP contribution in [0.25, 0.3) is 0 Å². The summed E-state index contributed by atoms with van der Waals surface area (Å²) >= 11 is 0. The van der Waals surface area contributed by atoms with Gasteiger partial charge < -0.3 is 9.47 Å². The Bertz CT molecular complexity index is 930. The van der Waals surface area contributed by atoms with Crippen molar-refractivity contribution < 1.29 is 27.4 Å². The molecule has 0 unspecified atom stereocenters. The van der Waals surface area contributed by atoms with Crippen LogP contribution in [0, 0.1) is 40.1 Å². The molecule has 0 aliphatic heterocycles. The highest BCUT2D eigenvalue weighted by Crippen LogP contribution is 2.32. The minimum atomic E-state index is -1.77. The first kappa shape index (κ1) is 17.8. The van der Waals surface area contributed by atoms with E-state index in [1.54, 1.807) is 12.1 Å². The topological polar surface area (TPSA) is 83.1 Å². The third-order valence-electron chi connectivity index (χ3n) is 3.08. The summed E-state index contributed by atoms with van der Waals surface area (Å²) in [7, 11) is 0. The monoisotopic (exact) mass is 346 g/mol. The minimum absolute atomic E-state index is 0.0514. The molecule has 0 spiro atoms. The number of hydrogen-bond acceptors (Lipinski definition) is 5. The molecule has 5 nitrogen and oxygen atoms in total. The van der Waals surface area contributed by atoms with Gasteiger partial charge in [-0.1, -0.05) is 6.07 Å². The van der Waals surface area contributed by atoms with E-state index in [1.807, 2.05) is 0 Å². The lowest BCUT2D eigenvalue weighted by Gasteiger charge is -2.12. The van der Waals surface area contributed by atoms with Crippen molar-refractivity contribution in [1.29, 1.82) is 10.5 Å². The number of hydrogen-bond donors (Lipinski definition) is 0. The van der Waals surface area contributed by atoms with E-state index in [4.69, 9.17) is 15.3 Å². The van der Waals surface area contributed by atoms with Crippen LogP contribution in [-0.4, -0.2) is 12.6 Å². The standard InChI is InChI=1S/C17H9F3N2O3/c1-2-24-17(23)14-11(18)6-13(15(19)16(14)20)25-12-5-3-4-9(7-21)10(12)8-22/h3-6H,2H2,1H3. The summed E-state index contributed by atoms with van der Waals surface area (Å²) in [5, 5.41) is 18.0. The fourth-order valence-electron chi connectivity index (χ4n) is 1.98. The molecule has 2 aromatic carbocycles. The second-order valence-electron chi connectivity index (χ2n) is 4.58. The average molecular weight is 346 g/mol. The maximum absolute atomic E-state index is 14.1. The van der Waals surface area contributed by atoms with E-state index in [-0.39, 0.29) is 23.5 Å². The second kappa shape index (κ2) is 7.37. The van der Waals surface area contributed by atoms with Crippen LogP contribution in [-0.2, 0) is 4.74 Å². The van der Waals surface area contributed by atoms with Gasteiger partial charge in [0, 0.05) is 6.07 Å². The molecular weight excluding hydrogens is 337 g/mol. The van der Waals surface area contributed by atoms with Gasteiger partial charge in [0.15, 0.2) is 11.6 Å².